The summed E-state index contributed by atoms with van der Waals surface area (Å²) in [5.41, 5.74) is 2.95. The van der Waals surface area contributed by atoms with Crippen molar-refractivity contribution in [2.24, 2.45) is 0 Å². The number of fused-ring (bicyclic) bond motifs is 1. The molecule has 0 saturated heterocycles. The van der Waals surface area contributed by atoms with E-state index in [1.54, 1.807) is 17.4 Å². The third kappa shape index (κ3) is 1.58. The summed E-state index contributed by atoms with van der Waals surface area (Å²) in [5.74, 6) is 0. The van der Waals surface area contributed by atoms with E-state index in [0.717, 1.165) is 16.3 Å². The predicted molar refractivity (Wildman–Crippen MR) is 67.1 cm³/mol. The van der Waals surface area contributed by atoms with Crippen molar-refractivity contribution >= 4 is 16.3 Å². The Morgan fingerprint density at radius 3 is 2.69 bits per heavy atom. The van der Waals surface area contributed by atoms with Gasteiger partial charge in [0, 0.05) is 10.6 Å². The third-order valence-corrected chi connectivity index (χ3v) is 3.87. The van der Waals surface area contributed by atoms with Crippen LogP contribution in [0.4, 0.5) is 0 Å². The molecule has 2 rings (SSSR count). The van der Waals surface area contributed by atoms with Gasteiger partial charge in [-0.3, -0.25) is 4.40 Å². The van der Waals surface area contributed by atoms with E-state index in [4.69, 9.17) is 0 Å². The van der Waals surface area contributed by atoms with Gasteiger partial charge in [-0.05, 0) is 27.7 Å². The molecule has 0 aromatic carbocycles. The first-order valence-electron chi connectivity index (χ1n) is 5.32. The summed E-state index contributed by atoms with van der Waals surface area (Å²) in [6, 6.07) is 0. The molecule has 2 heterocycles. The van der Waals surface area contributed by atoms with Gasteiger partial charge in [0.15, 0.2) is 4.96 Å². The van der Waals surface area contributed by atoms with Gasteiger partial charge in [-0.2, -0.15) is 0 Å². The highest BCUT2D eigenvalue weighted by atomic mass is 32.1. The number of thiazole rings is 1. The van der Waals surface area contributed by atoms with Crippen LogP contribution in [0.5, 0.6) is 0 Å². The van der Waals surface area contributed by atoms with E-state index in [-0.39, 0.29) is 0 Å². The number of aromatic nitrogens is 2. The highest BCUT2D eigenvalue weighted by Crippen LogP contribution is 2.28. The molecule has 86 valence electrons. The number of rotatable bonds is 2. The van der Waals surface area contributed by atoms with E-state index in [1.807, 2.05) is 19.9 Å². The number of allylic oxidation sites excluding steroid dienone is 1. The maximum absolute atomic E-state index is 10.1. The van der Waals surface area contributed by atoms with Gasteiger partial charge in [0.05, 0.1) is 11.4 Å². The molecule has 0 saturated carbocycles. The van der Waals surface area contributed by atoms with Crippen LogP contribution >= 0.6 is 11.3 Å². The number of aliphatic hydroxyl groups is 1. The summed E-state index contributed by atoms with van der Waals surface area (Å²) in [5, 5.41) is 10.1. The predicted octanol–water partition coefficient (Wildman–Crippen LogP) is 2.93. The van der Waals surface area contributed by atoms with Crippen LogP contribution in [0.1, 0.15) is 35.0 Å². The maximum Gasteiger partial charge on any atom is 0.194 e. The highest BCUT2D eigenvalue weighted by Gasteiger charge is 2.18. The number of aliphatic hydroxyl groups excluding tert-OH is 1. The van der Waals surface area contributed by atoms with E-state index in [2.05, 4.69) is 23.2 Å². The largest absolute Gasteiger partial charge is 0.383 e. The minimum Gasteiger partial charge on any atom is -0.383 e. The van der Waals surface area contributed by atoms with Crippen LogP contribution in [0.25, 0.3) is 4.96 Å². The van der Waals surface area contributed by atoms with Gasteiger partial charge in [0.2, 0.25) is 0 Å². The Balaban J connectivity index is 2.71. The van der Waals surface area contributed by atoms with Crippen molar-refractivity contribution in [2.45, 2.75) is 33.8 Å². The molecule has 0 fully saturated rings. The first-order valence-corrected chi connectivity index (χ1v) is 6.13. The minimum absolute atomic E-state index is 0.576. The second kappa shape index (κ2) is 4.03. The monoisotopic (exact) mass is 236 g/mol. The highest BCUT2D eigenvalue weighted by molar-refractivity contribution is 7.17. The fourth-order valence-electron chi connectivity index (χ4n) is 1.90. The Bertz CT molecular complexity index is 551. The van der Waals surface area contributed by atoms with Crippen molar-refractivity contribution in [3.05, 3.63) is 34.1 Å². The third-order valence-electron chi connectivity index (χ3n) is 2.81. The second-order valence-corrected chi connectivity index (χ2v) is 5.10. The molecular weight excluding hydrogens is 220 g/mol. The molecule has 1 unspecified atom stereocenters. The van der Waals surface area contributed by atoms with Crippen molar-refractivity contribution in [2.75, 3.05) is 0 Å². The van der Waals surface area contributed by atoms with Crippen LogP contribution in [0.3, 0.4) is 0 Å². The first-order chi connectivity index (χ1) is 7.56. The van der Waals surface area contributed by atoms with Crippen molar-refractivity contribution in [3.63, 3.8) is 0 Å². The van der Waals surface area contributed by atoms with Crippen LogP contribution in [-0.4, -0.2) is 14.5 Å². The van der Waals surface area contributed by atoms with Crippen LogP contribution < -0.4 is 0 Å². The zero-order chi connectivity index (χ0) is 11.9. The van der Waals surface area contributed by atoms with Gasteiger partial charge in [-0.1, -0.05) is 12.2 Å². The number of nitrogens with zero attached hydrogens (tertiary/aromatic N) is 2. The zero-order valence-electron chi connectivity index (χ0n) is 9.98. The molecule has 16 heavy (non-hydrogen) atoms. The number of aryl methyl sites for hydroxylation is 3. The molecule has 0 aliphatic heterocycles. The second-order valence-electron chi connectivity index (χ2n) is 3.91. The lowest BCUT2D eigenvalue weighted by atomic mass is 10.2. The van der Waals surface area contributed by atoms with E-state index in [1.165, 1.54) is 10.6 Å². The van der Waals surface area contributed by atoms with E-state index in [9.17, 15) is 5.11 Å². The first kappa shape index (κ1) is 11.4. The molecular formula is C12H16N2OS. The van der Waals surface area contributed by atoms with Crippen LogP contribution in [0.15, 0.2) is 12.2 Å². The summed E-state index contributed by atoms with van der Waals surface area (Å²) < 4.78 is 2.06. The Labute approximate surface area is 99.1 Å². The van der Waals surface area contributed by atoms with Crippen molar-refractivity contribution in [1.29, 1.82) is 0 Å². The summed E-state index contributed by atoms with van der Waals surface area (Å²) in [6.45, 7) is 7.99. The normalized spacial score (nSPS) is 14.1. The van der Waals surface area contributed by atoms with Gasteiger partial charge in [-0.15, -0.1) is 11.3 Å². The molecule has 0 radical (unpaired) electrons. The standard InChI is InChI=1S/C12H16N2OS/c1-5-6-10(15)11-7(2)13-12-14(11)8(3)9(4)16-12/h5-6,10,15H,1-4H3/b6-5+. The smallest absolute Gasteiger partial charge is 0.194 e. The van der Waals surface area contributed by atoms with Gasteiger partial charge in [0.25, 0.3) is 0 Å². The minimum atomic E-state index is -0.576. The summed E-state index contributed by atoms with van der Waals surface area (Å²) in [6.07, 6.45) is 3.06. The number of hydrogen-bond donors (Lipinski definition) is 1. The van der Waals surface area contributed by atoms with Gasteiger partial charge < -0.3 is 5.11 Å². The topological polar surface area (TPSA) is 37.5 Å². The maximum atomic E-state index is 10.1. The summed E-state index contributed by atoms with van der Waals surface area (Å²) in [7, 11) is 0. The van der Waals surface area contributed by atoms with Crippen LogP contribution in [0, 0.1) is 20.8 Å². The van der Waals surface area contributed by atoms with E-state index >= 15 is 0 Å². The lowest BCUT2D eigenvalue weighted by molar-refractivity contribution is 0.221. The zero-order valence-corrected chi connectivity index (χ0v) is 10.8. The number of hydrogen-bond acceptors (Lipinski definition) is 3. The summed E-state index contributed by atoms with van der Waals surface area (Å²) >= 11 is 1.67. The molecule has 1 N–H and O–H groups in total. The fourth-order valence-corrected chi connectivity index (χ4v) is 2.92. The van der Waals surface area contributed by atoms with Gasteiger partial charge >= 0.3 is 0 Å². The Morgan fingerprint density at radius 2 is 2.06 bits per heavy atom. The molecule has 0 aliphatic carbocycles. The van der Waals surface area contributed by atoms with Crippen LogP contribution in [0.2, 0.25) is 0 Å². The van der Waals surface area contributed by atoms with Crippen molar-refractivity contribution in [3.8, 4) is 0 Å². The van der Waals surface area contributed by atoms with Crippen molar-refractivity contribution < 1.29 is 5.11 Å². The van der Waals surface area contributed by atoms with Crippen LogP contribution in [-0.2, 0) is 0 Å². The Hall–Kier alpha value is -1.13. The molecule has 1 atom stereocenters. The molecule has 0 bridgehead atoms. The molecule has 0 aliphatic rings. The molecule has 2 aromatic rings. The molecule has 2 aromatic heterocycles. The number of imidazole rings is 1. The average Bonchev–Trinajstić information content (AvgIpc) is 2.65. The molecule has 3 nitrogen and oxygen atoms in total. The van der Waals surface area contributed by atoms with Gasteiger partial charge in [0.1, 0.15) is 6.10 Å². The Kier molecular flexibility index (Phi) is 2.86. The SMILES string of the molecule is C/C=C/C(O)c1c(C)nc2sc(C)c(C)n12. The Morgan fingerprint density at radius 1 is 1.38 bits per heavy atom. The molecule has 4 heteroatoms. The van der Waals surface area contributed by atoms with Gasteiger partial charge in [-0.25, -0.2) is 4.98 Å². The molecule has 0 amide bonds. The molecule has 0 spiro atoms. The fraction of sp³-hybridized carbons (Fsp3) is 0.417. The lowest BCUT2D eigenvalue weighted by Crippen LogP contribution is -2.01. The van der Waals surface area contributed by atoms with E-state index < -0.39 is 6.10 Å². The lowest BCUT2D eigenvalue weighted by Gasteiger charge is -2.07. The quantitative estimate of drug-likeness (QED) is 0.814. The van der Waals surface area contributed by atoms with Crippen molar-refractivity contribution in [1.82, 2.24) is 9.38 Å². The van der Waals surface area contributed by atoms with E-state index in [0.29, 0.717) is 0 Å². The summed E-state index contributed by atoms with van der Waals surface area (Å²) in [4.78, 5) is 6.70. The average molecular weight is 236 g/mol.